The molecule has 1 N–H and O–H groups in total. The number of benzene rings is 2. The van der Waals surface area contributed by atoms with Gasteiger partial charge in [0.15, 0.2) is 16.5 Å². The van der Waals surface area contributed by atoms with Gasteiger partial charge in [-0.15, -0.1) is 11.3 Å². The van der Waals surface area contributed by atoms with Gasteiger partial charge in [0.05, 0.1) is 18.9 Å². The molecule has 0 spiro atoms. The molecule has 0 unspecified atom stereocenters. The average molecular weight is 422 g/mol. The molecule has 7 heteroatoms. The van der Waals surface area contributed by atoms with Crippen LogP contribution >= 0.6 is 11.3 Å². The summed E-state index contributed by atoms with van der Waals surface area (Å²) in [5.74, 6) is 1.39. The van der Waals surface area contributed by atoms with Crippen LogP contribution in [0.2, 0.25) is 0 Å². The third kappa shape index (κ3) is 4.80. The number of hydrogen-bond acceptors (Lipinski definition) is 5. The molecule has 154 valence electrons. The number of carbonyl (C=O) groups is 1. The second kappa shape index (κ2) is 9.45. The molecule has 0 bridgehead atoms. The molecule has 0 atom stereocenters. The van der Waals surface area contributed by atoms with Gasteiger partial charge in [-0.3, -0.25) is 9.20 Å². The Morgan fingerprint density at radius 2 is 1.87 bits per heavy atom. The summed E-state index contributed by atoms with van der Waals surface area (Å²) < 4.78 is 13.3. The normalized spacial score (nSPS) is 10.8. The van der Waals surface area contributed by atoms with Gasteiger partial charge in [0.2, 0.25) is 5.91 Å². The fraction of sp³-hybridized carbons (Fsp3) is 0.217. The molecule has 0 aliphatic rings. The molecule has 2 aromatic carbocycles. The Kier molecular flexibility index (Phi) is 6.29. The monoisotopic (exact) mass is 421 g/mol. The second-order valence-electron chi connectivity index (χ2n) is 6.68. The van der Waals surface area contributed by atoms with Crippen LogP contribution < -0.4 is 14.8 Å². The molecule has 0 saturated carbocycles. The van der Waals surface area contributed by atoms with Crippen molar-refractivity contribution in [3.63, 3.8) is 0 Å². The van der Waals surface area contributed by atoms with Gasteiger partial charge >= 0.3 is 0 Å². The summed E-state index contributed by atoms with van der Waals surface area (Å²) in [6.45, 7) is 2.97. The van der Waals surface area contributed by atoms with Crippen molar-refractivity contribution in [3.05, 3.63) is 66.3 Å². The zero-order valence-corrected chi connectivity index (χ0v) is 17.5. The van der Waals surface area contributed by atoms with Gasteiger partial charge in [0, 0.05) is 35.4 Å². The lowest BCUT2D eigenvalue weighted by molar-refractivity contribution is -0.116. The molecule has 0 radical (unpaired) electrons. The first-order valence-electron chi connectivity index (χ1n) is 9.90. The van der Waals surface area contributed by atoms with Crippen LogP contribution in [-0.4, -0.2) is 28.5 Å². The van der Waals surface area contributed by atoms with Crippen LogP contribution in [0, 0.1) is 0 Å². The maximum atomic E-state index is 12.2. The molecular weight excluding hydrogens is 398 g/mol. The van der Waals surface area contributed by atoms with Gasteiger partial charge < -0.3 is 14.8 Å². The van der Waals surface area contributed by atoms with Crippen molar-refractivity contribution < 1.29 is 14.3 Å². The topological polar surface area (TPSA) is 64.9 Å². The van der Waals surface area contributed by atoms with E-state index in [1.807, 2.05) is 77.6 Å². The summed E-state index contributed by atoms with van der Waals surface area (Å²) >= 11 is 1.60. The van der Waals surface area contributed by atoms with E-state index in [2.05, 4.69) is 10.3 Å². The third-order valence-corrected chi connectivity index (χ3v) is 5.28. The highest BCUT2D eigenvalue weighted by Gasteiger charge is 2.08. The number of fused-ring (bicyclic) bond motifs is 1. The molecule has 0 fully saturated rings. The van der Waals surface area contributed by atoms with E-state index >= 15 is 0 Å². The van der Waals surface area contributed by atoms with E-state index in [0.717, 1.165) is 27.7 Å². The van der Waals surface area contributed by atoms with Crippen LogP contribution in [0.3, 0.4) is 0 Å². The largest absolute Gasteiger partial charge is 0.490 e. The Morgan fingerprint density at radius 3 is 2.60 bits per heavy atom. The minimum absolute atomic E-state index is 0.0352. The zero-order valence-electron chi connectivity index (χ0n) is 16.7. The van der Waals surface area contributed by atoms with Gasteiger partial charge in [-0.25, -0.2) is 4.98 Å². The van der Waals surface area contributed by atoms with Crippen LogP contribution in [0.15, 0.2) is 66.3 Å². The Hall–Kier alpha value is -3.32. The zero-order chi connectivity index (χ0) is 20.8. The van der Waals surface area contributed by atoms with Crippen molar-refractivity contribution in [2.24, 2.45) is 0 Å². The highest BCUT2D eigenvalue weighted by molar-refractivity contribution is 7.15. The van der Waals surface area contributed by atoms with Crippen LogP contribution in [0.1, 0.15) is 19.8 Å². The summed E-state index contributed by atoms with van der Waals surface area (Å²) in [7, 11) is 0. The van der Waals surface area contributed by atoms with Crippen molar-refractivity contribution in [1.29, 1.82) is 0 Å². The summed E-state index contributed by atoms with van der Waals surface area (Å²) in [6, 6.07) is 15.3. The molecule has 0 aliphatic heterocycles. The number of ether oxygens (including phenoxy) is 2. The molecule has 30 heavy (non-hydrogen) atoms. The Morgan fingerprint density at radius 1 is 1.10 bits per heavy atom. The quantitative estimate of drug-likeness (QED) is 0.375. The lowest BCUT2D eigenvalue weighted by Crippen LogP contribution is -2.12. The number of anilines is 1. The minimum atomic E-state index is -0.0352. The summed E-state index contributed by atoms with van der Waals surface area (Å²) in [6.07, 6.45) is 5.00. The molecule has 0 saturated heterocycles. The summed E-state index contributed by atoms with van der Waals surface area (Å²) in [5.41, 5.74) is 2.71. The predicted octanol–water partition coefficient (Wildman–Crippen LogP) is 5.26. The maximum Gasteiger partial charge on any atom is 0.224 e. The van der Waals surface area contributed by atoms with E-state index in [9.17, 15) is 4.79 Å². The van der Waals surface area contributed by atoms with E-state index in [0.29, 0.717) is 31.8 Å². The van der Waals surface area contributed by atoms with E-state index in [1.165, 1.54) is 0 Å². The molecule has 6 nitrogen and oxygen atoms in total. The number of para-hydroxylation sites is 2. The highest BCUT2D eigenvalue weighted by atomic mass is 32.1. The van der Waals surface area contributed by atoms with Crippen molar-refractivity contribution in [3.8, 4) is 22.8 Å². The van der Waals surface area contributed by atoms with Gasteiger partial charge in [0.1, 0.15) is 0 Å². The third-order valence-electron chi connectivity index (χ3n) is 4.51. The van der Waals surface area contributed by atoms with Crippen molar-refractivity contribution in [2.75, 3.05) is 18.5 Å². The van der Waals surface area contributed by atoms with E-state index in [1.54, 1.807) is 11.3 Å². The molecule has 2 heterocycles. The van der Waals surface area contributed by atoms with Crippen LogP contribution in [-0.2, 0) is 4.79 Å². The molecule has 2 aromatic heterocycles. The fourth-order valence-corrected chi connectivity index (χ4v) is 3.77. The Balaban J connectivity index is 1.25. The van der Waals surface area contributed by atoms with Gasteiger partial charge in [0.25, 0.3) is 0 Å². The number of nitrogens with one attached hydrogen (secondary N) is 1. The van der Waals surface area contributed by atoms with Gasteiger partial charge in [-0.05, 0) is 37.6 Å². The number of rotatable bonds is 9. The fourth-order valence-electron chi connectivity index (χ4n) is 3.07. The average Bonchev–Trinajstić information content (AvgIpc) is 3.35. The molecule has 4 rings (SSSR count). The first-order valence-corrected chi connectivity index (χ1v) is 10.8. The predicted molar refractivity (Wildman–Crippen MR) is 119 cm³/mol. The second-order valence-corrected chi connectivity index (χ2v) is 7.55. The number of hydrogen-bond donors (Lipinski definition) is 1. The van der Waals surface area contributed by atoms with Crippen LogP contribution in [0.5, 0.6) is 11.5 Å². The molecule has 1 amide bonds. The van der Waals surface area contributed by atoms with Crippen molar-refractivity contribution in [2.45, 2.75) is 19.8 Å². The standard InChI is InChI=1S/C23H23N3O3S/c1-2-28-20-6-3-4-7-21(20)29-14-5-8-22(27)24-18-11-9-17(10-12-18)19-16-26-13-15-30-23(26)25-19/h3-4,6-7,9-13,15-16H,2,5,8,14H2,1H3,(H,24,27). The highest BCUT2D eigenvalue weighted by Crippen LogP contribution is 2.26. The van der Waals surface area contributed by atoms with Gasteiger partial charge in [-0.2, -0.15) is 0 Å². The first-order chi connectivity index (χ1) is 14.7. The number of amides is 1. The number of imidazole rings is 1. The number of nitrogens with zero attached hydrogens (tertiary/aromatic N) is 2. The maximum absolute atomic E-state index is 12.2. The summed E-state index contributed by atoms with van der Waals surface area (Å²) in [5, 5.41) is 4.94. The Labute approximate surface area is 179 Å². The number of carbonyl (C=O) groups excluding carboxylic acids is 1. The van der Waals surface area contributed by atoms with Crippen molar-refractivity contribution >= 4 is 27.9 Å². The smallest absolute Gasteiger partial charge is 0.224 e. The number of thiazole rings is 1. The van der Waals surface area contributed by atoms with E-state index in [-0.39, 0.29) is 5.91 Å². The van der Waals surface area contributed by atoms with Crippen molar-refractivity contribution in [1.82, 2.24) is 9.38 Å². The van der Waals surface area contributed by atoms with Gasteiger partial charge in [-0.1, -0.05) is 24.3 Å². The summed E-state index contributed by atoms with van der Waals surface area (Å²) in [4.78, 5) is 17.8. The number of aromatic nitrogens is 2. The minimum Gasteiger partial charge on any atom is -0.490 e. The van der Waals surface area contributed by atoms with Crippen LogP contribution in [0.25, 0.3) is 16.2 Å². The van der Waals surface area contributed by atoms with E-state index < -0.39 is 0 Å². The van der Waals surface area contributed by atoms with E-state index in [4.69, 9.17) is 9.47 Å². The first kappa shape index (κ1) is 20.0. The molecule has 4 aromatic rings. The SMILES string of the molecule is CCOc1ccccc1OCCCC(=O)Nc1ccc(-c2cn3ccsc3n2)cc1. The van der Waals surface area contributed by atoms with Crippen LogP contribution in [0.4, 0.5) is 5.69 Å². The molecular formula is C23H23N3O3S. The lowest BCUT2D eigenvalue weighted by Gasteiger charge is -2.11. The Bertz CT molecular complexity index is 1090. The molecule has 0 aliphatic carbocycles. The lowest BCUT2D eigenvalue weighted by atomic mass is 10.1.